The Morgan fingerprint density at radius 2 is 2.00 bits per heavy atom. The lowest BCUT2D eigenvalue weighted by Crippen LogP contribution is -2.25. The van der Waals surface area contributed by atoms with Gasteiger partial charge in [-0.25, -0.2) is 0 Å². The highest BCUT2D eigenvalue weighted by Crippen LogP contribution is 2.24. The molecule has 0 fully saturated rings. The maximum atomic E-state index is 11.8. The van der Waals surface area contributed by atoms with Gasteiger partial charge >= 0.3 is 0 Å². The molecule has 0 saturated heterocycles. The lowest BCUT2D eigenvalue weighted by atomic mass is 10.1. The number of carbonyl (C=O) groups is 1. The van der Waals surface area contributed by atoms with Gasteiger partial charge in [0.25, 0.3) is 0 Å². The molecule has 5 heteroatoms. The van der Waals surface area contributed by atoms with Crippen LogP contribution < -0.4 is 16.0 Å². The molecule has 1 aromatic carbocycles. The first-order valence-electron chi connectivity index (χ1n) is 8.60. The summed E-state index contributed by atoms with van der Waals surface area (Å²) in [5, 5.41) is 2.92. The van der Waals surface area contributed by atoms with Gasteiger partial charge in [-0.15, -0.1) is 0 Å². The molecule has 1 rings (SSSR count). The zero-order valence-electron chi connectivity index (χ0n) is 14.7. The molecule has 0 saturated carbocycles. The number of anilines is 2. The molecule has 0 aliphatic rings. The first-order chi connectivity index (χ1) is 11.1. The van der Waals surface area contributed by atoms with Crippen LogP contribution in [0.1, 0.15) is 39.2 Å². The maximum Gasteiger partial charge on any atom is 0.220 e. The molecule has 0 atom stereocenters. The molecule has 0 bridgehead atoms. The molecule has 0 unspecified atom stereocenters. The van der Waals surface area contributed by atoms with E-state index in [2.05, 4.69) is 36.2 Å². The van der Waals surface area contributed by atoms with Gasteiger partial charge in [-0.3, -0.25) is 4.79 Å². The monoisotopic (exact) mass is 321 g/mol. The third kappa shape index (κ3) is 6.91. The molecular formula is C18H31N3O2. The van der Waals surface area contributed by atoms with Gasteiger partial charge in [-0.05, 0) is 51.3 Å². The van der Waals surface area contributed by atoms with E-state index in [-0.39, 0.29) is 5.91 Å². The quantitative estimate of drug-likeness (QED) is 0.485. The molecule has 0 spiro atoms. The summed E-state index contributed by atoms with van der Waals surface area (Å²) in [5.74, 6) is 0.0767. The molecule has 0 aliphatic carbocycles. The van der Waals surface area contributed by atoms with Crippen molar-refractivity contribution in [1.29, 1.82) is 0 Å². The van der Waals surface area contributed by atoms with E-state index < -0.39 is 0 Å². The maximum absolute atomic E-state index is 11.8. The molecule has 130 valence electrons. The second-order valence-electron chi connectivity index (χ2n) is 5.47. The molecule has 3 N–H and O–H groups in total. The Morgan fingerprint density at radius 3 is 2.61 bits per heavy atom. The van der Waals surface area contributed by atoms with E-state index in [4.69, 9.17) is 10.5 Å². The normalized spacial score (nSPS) is 10.6. The first-order valence-corrected chi connectivity index (χ1v) is 8.60. The van der Waals surface area contributed by atoms with Gasteiger partial charge in [0.2, 0.25) is 5.91 Å². The third-order valence-corrected chi connectivity index (χ3v) is 3.83. The van der Waals surface area contributed by atoms with Crippen molar-refractivity contribution in [3.05, 3.63) is 23.8 Å². The minimum absolute atomic E-state index is 0.0767. The minimum Gasteiger partial charge on any atom is -0.397 e. The standard InChI is InChI=1S/C18H31N3O2/c1-4-21(5-2)17-10-8-15(14-16(17)19)9-11-18(22)20-12-7-13-23-6-3/h8,10,14H,4-7,9,11-13,19H2,1-3H3,(H,20,22). The van der Waals surface area contributed by atoms with E-state index in [1.165, 1.54) is 0 Å². The van der Waals surface area contributed by atoms with Crippen molar-refractivity contribution in [3.63, 3.8) is 0 Å². The number of benzene rings is 1. The van der Waals surface area contributed by atoms with Crippen LogP contribution in [0.5, 0.6) is 0 Å². The summed E-state index contributed by atoms with van der Waals surface area (Å²) in [5.41, 5.74) is 9.10. The van der Waals surface area contributed by atoms with Gasteiger partial charge in [0, 0.05) is 39.3 Å². The van der Waals surface area contributed by atoms with Crippen LogP contribution in [0.25, 0.3) is 0 Å². The van der Waals surface area contributed by atoms with E-state index >= 15 is 0 Å². The van der Waals surface area contributed by atoms with Gasteiger partial charge in [0.1, 0.15) is 0 Å². The predicted molar refractivity (Wildman–Crippen MR) is 96.9 cm³/mol. The molecule has 0 aliphatic heterocycles. The van der Waals surface area contributed by atoms with E-state index in [1.807, 2.05) is 13.0 Å². The third-order valence-electron chi connectivity index (χ3n) is 3.83. The van der Waals surface area contributed by atoms with Gasteiger partial charge in [-0.2, -0.15) is 0 Å². The minimum atomic E-state index is 0.0767. The predicted octanol–water partition coefficient (Wildman–Crippen LogP) is 2.59. The number of amides is 1. The molecule has 0 heterocycles. The number of hydrogen-bond acceptors (Lipinski definition) is 4. The van der Waals surface area contributed by atoms with Crippen LogP contribution in [0, 0.1) is 0 Å². The van der Waals surface area contributed by atoms with E-state index in [1.54, 1.807) is 0 Å². The van der Waals surface area contributed by atoms with Crippen molar-refractivity contribution in [1.82, 2.24) is 5.32 Å². The molecule has 1 aromatic rings. The Labute approximate surface area is 140 Å². The van der Waals surface area contributed by atoms with Crippen LogP contribution in [0.2, 0.25) is 0 Å². The summed E-state index contributed by atoms with van der Waals surface area (Å²) in [7, 11) is 0. The molecule has 23 heavy (non-hydrogen) atoms. The highest BCUT2D eigenvalue weighted by molar-refractivity contribution is 5.76. The fraction of sp³-hybridized carbons (Fsp3) is 0.611. The number of nitrogens with one attached hydrogen (secondary N) is 1. The zero-order chi connectivity index (χ0) is 17.1. The van der Waals surface area contributed by atoms with Crippen molar-refractivity contribution in [2.75, 3.05) is 43.5 Å². The highest BCUT2D eigenvalue weighted by atomic mass is 16.5. The fourth-order valence-electron chi connectivity index (χ4n) is 2.50. The van der Waals surface area contributed by atoms with Crippen LogP contribution in [-0.4, -0.2) is 38.8 Å². The molecule has 0 aromatic heterocycles. The number of ether oxygens (including phenoxy) is 1. The van der Waals surface area contributed by atoms with E-state index in [0.29, 0.717) is 26.0 Å². The number of nitrogens with zero attached hydrogens (tertiary/aromatic N) is 1. The number of rotatable bonds is 11. The molecular weight excluding hydrogens is 290 g/mol. The second kappa shape index (κ2) is 10.9. The van der Waals surface area contributed by atoms with Gasteiger partial charge in [0.15, 0.2) is 0 Å². The van der Waals surface area contributed by atoms with Crippen LogP contribution in [0.3, 0.4) is 0 Å². The summed E-state index contributed by atoms with van der Waals surface area (Å²) in [6.45, 7) is 10.2. The van der Waals surface area contributed by atoms with E-state index in [0.717, 1.165) is 43.1 Å². The van der Waals surface area contributed by atoms with Crippen molar-refractivity contribution in [3.8, 4) is 0 Å². The van der Waals surface area contributed by atoms with Crippen molar-refractivity contribution >= 4 is 17.3 Å². The Kier molecular flexibility index (Phi) is 9.14. The second-order valence-corrected chi connectivity index (χ2v) is 5.47. The van der Waals surface area contributed by atoms with Crippen LogP contribution in [0.15, 0.2) is 18.2 Å². The van der Waals surface area contributed by atoms with Crippen LogP contribution in [0.4, 0.5) is 11.4 Å². The topological polar surface area (TPSA) is 67.6 Å². The largest absolute Gasteiger partial charge is 0.397 e. The fourth-order valence-corrected chi connectivity index (χ4v) is 2.50. The summed E-state index contributed by atoms with van der Waals surface area (Å²) in [6, 6.07) is 6.10. The van der Waals surface area contributed by atoms with Crippen molar-refractivity contribution in [2.24, 2.45) is 0 Å². The van der Waals surface area contributed by atoms with Gasteiger partial charge < -0.3 is 20.7 Å². The summed E-state index contributed by atoms with van der Waals surface area (Å²) < 4.78 is 5.24. The lowest BCUT2D eigenvalue weighted by Gasteiger charge is -2.23. The molecule has 5 nitrogen and oxygen atoms in total. The average molecular weight is 321 g/mol. The molecule has 1 amide bonds. The smallest absolute Gasteiger partial charge is 0.220 e. The number of aryl methyl sites for hydroxylation is 1. The zero-order valence-corrected chi connectivity index (χ0v) is 14.7. The number of nitrogen functional groups attached to an aromatic ring is 1. The molecule has 0 radical (unpaired) electrons. The van der Waals surface area contributed by atoms with Crippen LogP contribution in [-0.2, 0) is 16.0 Å². The van der Waals surface area contributed by atoms with Gasteiger partial charge in [0.05, 0.1) is 11.4 Å². The van der Waals surface area contributed by atoms with Crippen LogP contribution >= 0.6 is 0 Å². The Bertz CT molecular complexity index is 473. The first kappa shape index (κ1) is 19.3. The highest BCUT2D eigenvalue weighted by Gasteiger charge is 2.08. The van der Waals surface area contributed by atoms with Gasteiger partial charge in [-0.1, -0.05) is 6.07 Å². The number of nitrogens with two attached hydrogens (primary N) is 1. The Hall–Kier alpha value is -1.75. The van der Waals surface area contributed by atoms with E-state index in [9.17, 15) is 4.79 Å². The number of hydrogen-bond donors (Lipinski definition) is 2. The average Bonchev–Trinajstić information content (AvgIpc) is 2.55. The summed E-state index contributed by atoms with van der Waals surface area (Å²) >= 11 is 0. The van der Waals surface area contributed by atoms with Crippen molar-refractivity contribution < 1.29 is 9.53 Å². The lowest BCUT2D eigenvalue weighted by molar-refractivity contribution is -0.121. The summed E-state index contributed by atoms with van der Waals surface area (Å²) in [6.07, 6.45) is 2.05. The number of carbonyl (C=O) groups excluding carboxylic acids is 1. The SMILES string of the molecule is CCOCCCNC(=O)CCc1ccc(N(CC)CC)c(N)c1. The van der Waals surface area contributed by atoms with Crippen molar-refractivity contribution in [2.45, 2.75) is 40.0 Å². The Morgan fingerprint density at radius 1 is 1.26 bits per heavy atom. The summed E-state index contributed by atoms with van der Waals surface area (Å²) in [4.78, 5) is 14.0. The Balaban J connectivity index is 2.40.